The number of Topliss-reactive ketones (excluding diaryl/α,β-unsaturated/α-hetero) is 2. The maximum atomic E-state index is 13.6. The number of nitrogens with zero attached hydrogens (tertiary/aromatic N) is 1. The molecule has 0 radical (unpaired) electrons. The summed E-state index contributed by atoms with van der Waals surface area (Å²) in [5, 5.41) is 56.9. The van der Waals surface area contributed by atoms with Crippen LogP contribution >= 0.6 is 0 Å². The molecule has 0 saturated carbocycles. The van der Waals surface area contributed by atoms with E-state index in [4.69, 9.17) is 5.73 Å². The second kappa shape index (κ2) is 9.73. The van der Waals surface area contributed by atoms with E-state index in [0.717, 1.165) is 6.07 Å². The molecule has 4 rings (SSSR count). The Kier molecular flexibility index (Phi) is 7.08. The molecule has 0 heterocycles. The first kappa shape index (κ1) is 27.6. The minimum absolute atomic E-state index is 0.0178. The monoisotopic (exact) mass is 537 g/mol. The van der Waals surface area contributed by atoms with E-state index in [-0.39, 0.29) is 35.1 Å². The molecule has 0 aliphatic heterocycles. The summed E-state index contributed by atoms with van der Waals surface area (Å²) in [6.45, 7) is -1.15. The highest BCUT2D eigenvalue weighted by Gasteiger charge is 2.60. The van der Waals surface area contributed by atoms with Crippen LogP contribution in [0.5, 0.6) is 5.75 Å². The average Bonchev–Trinajstić information content (AvgIpc) is 2.77. The van der Waals surface area contributed by atoms with Crippen molar-refractivity contribution in [3.8, 4) is 5.75 Å². The molecule has 0 spiro atoms. The van der Waals surface area contributed by atoms with Crippen molar-refractivity contribution in [3.05, 3.63) is 51.5 Å². The minimum Gasteiger partial charge on any atom is -0.511 e. The number of halogens is 2. The normalized spacial score (nSPS) is 26.4. The van der Waals surface area contributed by atoms with Crippen molar-refractivity contribution in [1.29, 1.82) is 0 Å². The van der Waals surface area contributed by atoms with Crippen LogP contribution in [0.25, 0.3) is 0 Å². The Morgan fingerprint density at radius 2 is 1.84 bits per heavy atom. The van der Waals surface area contributed by atoms with Gasteiger partial charge in [0, 0.05) is 11.1 Å². The Morgan fingerprint density at radius 3 is 2.42 bits per heavy atom. The highest BCUT2D eigenvalue weighted by Crippen LogP contribution is 2.54. The number of alkyl halides is 2. The molecule has 8 N–H and O–H groups in total. The number of primary amides is 1. The molecule has 11 nitrogen and oxygen atoms in total. The number of carbonyl (C=O) groups is 3. The number of likely N-dealkylation sites (N-methyl/N-ethyl adjacent to an activating group) is 1. The van der Waals surface area contributed by atoms with Gasteiger partial charge < -0.3 is 36.6 Å². The number of fused-ring (bicyclic) bond motifs is 3. The quantitative estimate of drug-likeness (QED) is 0.186. The van der Waals surface area contributed by atoms with Gasteiger partial charge in [0.1, 0.15) is 22.8 Å². The number of nitrogens with two attached hydrogens (primary N) is 1. The number of benzene rings is 1. The van der Waals surface area contributed by atoms with Crippen molar-refractivity contribution < 1.29 is 48.7 Å². The van der Waals surface area contributed by atoms with Crippen molar-refractivity contribution >= 4 is 17.5 Å². The van der Waals surface area contributed by atoms with Gasteiger partial charge in [0.15, 0.2) is 11.6 Å². The summed E-state index contributed by atoms with van der Waals surface area (Å²) in [6.07, 6.45) is -2.68. The first-order valence-electron chi connectivity index (χ1n) is 11.9. The Bertz CT molecular complexity index is 1270. The van der Waals surface area contributed by atoms with E-state index in [0.29, 0.717) is 0 Å². The number of hydrogen-bond donors (Lipinski definition) is 7. The summed E-state index contributed by atoms with van der Waals surface area (Å²) < 4.78 is 25.0. The number of aliphatic hydroxyl groups is 4. The molecule has 0 saturated heterocycles. The molecule has 38 heavy (non-hydrogen) atoms. The van der Waals surface area contributed by atoms with Crippen LogP contribution in [0.3, 0.4) is 0 Å². The van der Waals surface area contributed by atoms with Gasteiger partial charge in [-0.1, -0.05) is 0 Å². The lowest BCUT2D eigenvalue weighted by molar-refractivity contribution is -0.200. The van der Waals surface area contributed by atoms with Gasteiger partial charge in [0.25, 0.3) is 12.3 Å². The van der Waals surface area contributed by atoms with Gasteiger partial charge in [-0.05, 0) is 56.5 Å². The zero-order valence-corrected chi connectivity index (χ0v) is 20.6. The summed E-state index contributed by atoms with van der Waals surface area (Å²) in [4.78, 5) is 40.0. The highest BCUT2D eigenvalue weighted by molar-refractivity contribution is 6.15. The fraction of sp³-hybridized carbons (Fsp3) is 0.480. The standard InChI is InChI=1S/C25H29F2N3O8/c1-30(2)20-12-6-9-5-11-10(14(32)7-29-8-15(26)27)3-4-13(31)17(11)21(33)16(9)22(34)18(12)25(37,38)19(23(20)35)24(28)36/h3-4,9,12,15,18,20,29,31,34-35,37-38H,5-8H2,1-2H3,(H2,28,36)/t9?,12?,18?,20-/m0/s1. The van der Waals surface area contributed by atoms with Crippen LogP contribution in [0.15, 0.2) is 34.8 Å². The van der Waals surface area contributed by atoms with Crippen LogP contribution in [-0.4, -0.2) is 93.3 Å². The summed E-state index contributed by atoms with van der Waals surface area (Å²) in [5.41, 5.74) is 4.15. The number of nitrogens with one attached hydrogen (secondary N) is 1. The van der Waals surface area contributed by atoms with Crippen molar-refractivity contribution in [1.82, 2.24) is 10.2 Å². The van der Waals surface area contributed by atoms with E-state index < -0.39 is 89.4 Å². The molecule has 3 aliphatic rings. The van der Waals surface area contributed by atoms with Crippen molar-refractivity contribution in [3.63, 3.8) is 0 Å². The van der Waals surface area contributed by atoms with Crippen LogP contribution < -0.4 is 11.1 Å². The molecule has 1 amide bonds. The third-order valence-corrected chi connectivity index (χ3v) is 7.61. The van der Waals surface area contributed by atoms with Crippen LogP contribution in [0.2, 0.25) is 0 Å². The van der Waals surface area contributed by atoms with E-state index in [1.807, 2.05) is 0 Å². The number of amides is 1. The first-order valence-corrected chi connectivity index (χ1v) is 11.9. The molecule has 0 bridgehead atoms. The smallest absolute Gasteiger partial charge is 0.253 e. The SMILES string of the molecule is CN(C)[C@@H]1C(O)=C(C(N)=O)C(O)(O)C2C(O)=C3C(=O)c4c(O)ccc(C(=O)CNCC(F)F)c4CC3CC21. The van der Waals surface area contributed by atoms with E-state index in [9.17, 15) is 48.7 Å². The second-order valence-electron chi connectivity index (χ2n) is 10.1. The predicted octanol–water partition coefficient (Wildman–Crippen LogP) is 0.155. The number of phenols is 1. The third-order valence-electron chi connectivity index (χ3n) is 7.61. The van der Waals surface area contributed by atoms with Gasteiger partial charge >= 0.3 is 0 Å². The van der Waals surface area contributed by atoms with E-state index in [1.54, 1.807) is 14.1 Å². The van der Waals surface area contributed by atoms with Crippen LogP contribution in [0, 0.1) is 17.8 Å². The number of ketones is 2. The number of rotatable bonds is 7. The number of aromatic hydroxyl groups is 1. The van der Waals surface area contributed by atoms with Crippen molar-refractivity contribution in [2.45, 2.75) is 31.1 Å². The van der Waals surface area contributed by atoms with Gasteiger partial charge in [0.05, 0.1) is 30.6 Å². The lowest BCUT2D eigenvalue weighted by Crippen LogP contribution is -2.60. The van der Waals surface area contributed by atoms with Gasteiger partial charge in [0.2, 0.25) is 5.79 Å². The first-order chi connectivity index (χ1) is 17.7. The number of allylic oxidation sites excluding steroid dienone is 1. The Labute approximate surface area is 215 Å². The molecule has 13 heteroatoms. The molecular weight excluding hydrogens is 508 g/mol. The summed E-state index contributed by atoms with van der Waals surface area (Å²) in [6, 6.07) is 1.41. The van der Waals surface area contributed by atoms with Crippen LogP contribution in [-0.2, 0) is 11.2 Å². The van der Waals surface area contributed by atoms with E-state index >= 15 is 0 Å². The summed E-state index contributed by atoms with van der Waals surface area (Å²) in [5.74, 6) is -11.0. The molecule has 1 aromatic rings. The average molecular weight is 538 g/mol. The number of aliphatic hydroxyl groups excluding tert-OH is 2. The Hall–Kier alpha value is -3.39. The van der Waals surface area contributed by atoms with Crippen molar-refractivity contribution in [2.75, 3.05) is 27.2 Å². The molecular formula is C25H29F2N3O8. The third kappa shape index (κ3) is 4.25. The second-order valence-corrected chi connectivity index (χ2v) is 10.1. The summed E-state index contributed by atoms with van der Waals surface area (Å²) in [7, 11) is 3.13. The molecule has 0 aromatic heterocycles. The Balaban J connectivity index is 1.83. The highest BCUT2D eigenvalue weighted by atomic mass is 19.3. The number of carbonyl (C=O) groups excluding carboxylic acids is 3. The molecule has 1 aromatic carbocycles. The van der Waals surface area contributed by atoms with Crippen LogP contribution in [0.4, 0.5) is 8.78 Å². The minimum atomic E-state index is -3.11. The zero-order chi connectivity index (χ0) is 28.3. The van der Waals surface area contributed by atoms with E-state index in [2.05, 4.69) is 5.32 Å². The maximum absolute atomic E-state index is 13.6. The fourth-order valence-corrected chi connectivity index (χ4v) is 6.21. The van der Waals surface area contributed by atoms with Gasteiger partial charge in [-0.3, -0.25) is 19.3 Å². The van der Waals surface area contributed by atoms with Gasteiger partial charge in [-0.15, -0.1) is 0 Å². The Morgan fingerprint density at radius 1 is 1.18 bits per heavy atom. The zero-order valence-electron chi connectivity index (χ0n) is 20.6. The molecule has 4 atom stereocenters. The predicted molar refractivity (Wildman–Crippen MR) is 128 cm³/mol. The van der Waals surface area contributed by atoms with E-state index in [1.165, 1.54) is 11.0 Å². The molecule has 3 aliphatic carbocycles. The lowest BCUT2D eigenvalue weighted by atomic mass is 9.59. The molecule has 3 unspecified atom stereocenters. The molecule has 206 valence electrons. The molecule has 0 fully saturated rings. The van der Waals surface area contributed by atoms with Crippen molar-refractivity contribution in [2.24, 2.45) is 23.5 Å². The fourth-order valence-electron chi connectivity index (χ4n) is 6.21. The topological polar surface area (TPSA) is 194 Å². The van der Waals surface area contributed by atoms with Gasteiger partial charge in [-0.2, -0.15) is 0 Å². The lowest BCUT2D eigenvalue weighted by Gasteiger charge is -2.51. The summed E-state index contributed by atoms with van der Waals surface area (Å²) >= 11 is 0. The van der Waals surface area contributed by atoms with Gasteiger partial charge in [-0.25, -0.2) is 8.78 Å². The maximum Gasteiger partial charge on any atom is 0.253 e. The van der Waals surface area contributed by atoms with Crippen LogP contribution in [0.1, 0.15) is 32.7 Å². The largest absolute Gasteiger partial charge is 0.511 e. The number of phenolic OH excluding ortho intramolecular Hbond substituents is 1. The number of hydrogen-bond acceptors (Lipinski definition) is 10.